The van der Waals surface area contributed by atoms with E-state index >= 15 is 0 Å². The minimum absolute atomic E-state index is 0.111. The van der Waals surface area contributed by atoms with Gasteiger partial charge in [0.25, 0.3) is 0 Å². The van der Waals surface area contributed by atoms with E-state index in [0.717, 1.165) is 46.9 Å². The molecule has 2 heteroatoms. The molecule has 7 aromatic carbocycles. The van der Waals surface area contributed by atoms with Crippen molar-refractivity contribution in [3.63, 3.8) is 0 Å². The average molecular weight is 680 g/mol. The van der Waals surface area contributed by atoms with Crippen LogP contribution in [0.4, 0.5) is 11.4 Å². The van der Waals surface area contributed by atoms with E-state index in [1.165, 1.54) is 61.3 Å². The molecule has 2 nitrogen and oxygen atoms in total. The van der Waals surface area contributed by atoms with E-state index in [2.05, 4.69) is 181 Å². The van der Waals surface area contributed by atoms with Crippen LogP contribution >= 0.6 is 0 Å². The van der Waals surface area contributed by atoms with Crippen LogP contribution in [0.1, 0.15) is 50.9 Å². The second-order valence-electron chi connectivity index (χ2n) is 14.7. The fraction of sp³-hybridized carbons (Fsp3) is 0.0980. The van der Waals surface area contributed by atoms with Crippen molar-refractivity contribution in [3.8, 4) is 11.1 Å². The van der Waals surface area contributed by atoms with Crippen molar-refractivity contribution in [2.24, 2.45) is 0 Å². The van der Waals surface area contributed by atoms with E-state index < -0.39 is 5.41 Å². The van der Waals surface area contributed by atoms with E-state index in [4.69, 9.17) is 4.42 Å². The van der Waals surface area contributed by atoms with Crippen molar-refractivity contribution in [2.45, 2.75) is 30.7 Å². The molecule has 8 aromatic rings. The zero-order valence-corrected chi connectivity index (χ0v) is 29.4. The number of hydrogen-bond donors (Lipinski definition) is 0. The van der Waals surface area contributed by atoms with Crippen LogP contribution in [0, 0.1) is 0 Å². The summed E-state index contributed by atoms with van der Waals surface area (Å²) in [6.45, 7) is 0. The summed E-state index contributed by atoms with van der Waals surface area (Å²) < 4.78 is 6.33. The van der Waals surface area contributed by atoms with Gasteiger partial charge in [-0.2, -0.15) is 0 Å². The highest BCUT2D eigenvalue weighted by molar-refractivity contribution is 6.06. The van der Waals surface area contributed by atoms with E-state index in [1.807, 2.05) is 6.07 Å². The van der Waals surface area contributed by atoms with Crippen molar-refractivity contribution in [2.75, 3.05) is 4.90 Å². The van der Waals surface area contributed by atoms with Gasteiger partial charge < -0.3 is 9.32 Å². The fourth-order valence-electron chi connectivity index (χ4n) is 9.66. The van der Waals surface area contributed by atoms with Gasteiger partial charge in [-0.1, -0.05) is 146 Å². The van der Waals surface area contributed by atoms with Crippen molar-refractivity contribution < 1.29 is 4.42 Å². The van der Waals surface area contributed by atoms with Gasteiger partial charge in [0.1, 0.15) is 11.2 Å². The minimum atomic E-state index is -0.471. The lowest BCUT2D eigenvalue weighted by Crippen LogP contribution is -2.34. The number of hydrogen-bond acceptors (Lipinski definition) is 2. The molecule has 1 atom stereocenters. The van der Waals surface area contributed by atoms with Crippen LogP contribution in [0.3, 0.4) is 0 Å². The number of benzene rings is 7. The first-order valence-electron chi connectivity index (χ1n) is 18.8. The van der Waals surface area contributed by atoms with E-state index in [9.17, 15) is 0 Å². The maximum atomic E-state index is 6.33. The Balaban J connectivity index is 1.16. The van der Waals surface area contributed by atoms with E-state index in [0.29, 0.717) is 0 Å². The quantitative estimate of drug-likeness (QED) is 0.180. The molecule has 1 aromatic heterocycles. The van der Waals surface area contributed by atoms with Crippen LogP contribution < -0.4 is 4.90 Å². The maximum absolute atomic E-state index is 6.33. The molecule has 1 heterocycles. The second kappa shape index (κ2) is 11.8. The van der Waals surface area contributed by atoms with Gasteiger partial charge in [-0.25, -0.2) is 0 Å². The van der Waals surface area contributed by atoms with E-state index in [1.54, 1.807) is 0 Å². The Morgan fingerprint density at radius 3 is 2.02 bits per heavy atom. The molecular formula is C51H37NO. The summed E-state index contributed by atoms with van der Waals surface area (Å²) in [5, 5.41) is 2.29. The lowest BCUT2D eigenvalue weighted by atomic mass is 9.67. The molecule has 0 fully saturated rings. The predicted molar refractivity (Wildman–Crippen MR) is 220 cm³/mol. The highest BCUT2D eigenvalue weighted by atomic mass is 16.3. The molecule has 11 rings (SSSR count). The Morgan fingerprint density at radius 1 is 0.528 bits per heavy atom. The molecule has 0 bridgehead atoms. The molecule has 3 aliphatic rings. The minimum Gasteiger partial charge on any atom is -0.456 e. The van der Waals surface area contributed by atoms with Crippen LogP contribution in [0.25, 0.3) is 45.2 Å². The SMILES string of the molecule is C1=Cc2ccc3c(c2CC1)CC(N(c1ccc2c(c1)C(c1ccccc1)(c1ccccc1)c1ccccc1-2)c1ccc2oc4ccccc4c2c1)C=C3. The van der Waals surface area contributed by atoms with Crippen LogP contribution in [-0.4, -0.2) is 6.04 Å². The highest BCUT2D eigenvalue weighted by Gasteiger charge is 2.46. The standard InChI is InChI=1S/C51H37NO/c1-3-14-36(15-4-1)51(37-16-5-2-6-17-37)47-21-11-9-19-42(47)43-29-27-40(33-48(43)51)52(39-28-30-50-46(32-39)44-20-10-12-22-49(44)53-50)38-26-25-35-24-23-34-13-7-8-18-41(34)45(35)31-38/h1-7,9-17,19-30,32-33,38H,8,18,31H2. The Kier molecular flexibility index (Phi) is 6.76. The van der Waals surface area contributed by atoms with Crippen molar-refractivity contribution >= 4 is 45.5 Å². The Bertz CT molecular complexity index is 2730. The van der Waals surface area contributed by atoms with Crippen LogP contribution in [0.2, 0.25) is 0 Å². The molecule has 3 aliphatic carbocycles. The summed E-state index contributed by atoms with van der Waals surface area (Å²) in [5.74, 6) is 0. The lowest BCUT2D eigenvalue weighted by molar-refractivity contribution is 0.669. The van der Waals surface area contributed by atoms with Gasteiger partial charge in [0.15, 0.2) is 0 Å². The Morgan fingerprint density at radius 2 is 1.19 bits per heavy atom. The van der Waals surface area contributed by atoms with E-state index in [-0.39, 0.29) is 6.04 Å². The van der Waals surface area contributed by atoms with Crippen molar-refractivity contribution in [3.05, 3.63) is 214 Å². The number of anilines is 2. The average Bonchev–Trinajstić information content (AvgIpc) is 3.75. The molecule has 53 heavy (non-hydrogen) atoms. The number of para-hydroxylation sites is 1. The van der Waals surface area contributed by atoms with Crippen LogP contribution in [0.5, 0.6) is 0 Å². The smallest absolute Gasteiger partial charge is 0.135 e. The molecule has 0 saturated carbocycles. The zero-order chi connectivity index (χ0) is 34.9. The van der Waals surface area contributed by atoms with Crippen molar-refractivity contribution in [1.82, 2.24) is 0 Å². The highest BCUT2D eigenvalue weighted by Crippen LogP contribution is 2.57. The van der Waals surface area contributed by atoms with Crippen LogP contribution in [0.15, 0.2) is 174 Å². The topological polar surface area (TPSA) is 16.4 Å². The fourth-order valence-corrected chi connectivity index (χ4v) is 9.66. The van der Waals surface area contributed by atoms with Gasteiger partial charge in [0.2, 0.25) is 0 Å². The first-order valence-corrected chi connectivity index (χ1v) is 18.8. The molecule has 0 N–H and O–H groups in total. The van der Waals surface area contributed by atoms with Gasteiger partial charge in [0, 0.05) is 22.1 Å². The number of allylic oxidation sites excluding steroid dienone is 1. The molecule has 0 aliphatic heterocycles. The summed E-state index contributed by atoms with van der Waals surface area (Å²) in [6, 6.07) is 58.3. The number of furan rings is 1. The van der Waals surface area contributed by atoms with Gasteiger partial charge >= 0.3 is 0 Å². The van der Waals surface area contributed by atoms with Gasteiger partial charge in [-0.15, -0.1) is 0 Å². The summed E-state index contributed by atoms with van der Waals surface area (Å²) >= 11 is 0. The first-order chi connectivity index (χ1) is 26.3. The third kappa shape index (κ3) is 4.52. The number of fused-ring (bicyclic) bond motifs is 9. The Labute approximate surface area is 310 Å². The molecule has 0 spiro atoms. The molecule has 252 valence electrons. The normalized spacial score (nSPS) is 16.3. The molecular weight excluding hydrogens is 643 g/mol. The molecule has 1 unspecified atom stereocenters. The first kappa shape index (κ1) is 30.3. The maximum Gasteiger partial charge on any atom is 0.135 e. The largest absolute Gasteiger partial charge is 0.456 e. The summed E-state index contributed by atoms with van der Waals surface area (Å²) in [6.07, 6.45) is 12.5. The zero-order valence-electron chi connectivity index (χ0n) is 29.4. The number of nitrogens with zero attached hydrogens (tertiary/aromatic N) is 1. The van der Waals surface area contributed by atoms with Gasteiger partial charge in [-0.3, -0.25) is 0 Å². The summed E-state index contributed by atoms with van der Waals surface area (Å²) in [7, 11) is 0. The van der Waals surface area contributed by atoms with Crippen molar-refractivity contribution in [1.29, 1.82) is 0 Å². The molecule has 0 amide bonds. The lowest BCUT2D eigenvalue weighted by Gasteiger charge is -2.37. The third-order valence-electron chi connectivity index (χ3n) is 12.0. The van der Waals surface area contributed by atoms with Crippen LogP contribution in [-0.2, 0) is 18.3 Å². The Hall–Kier alpha value is -6.38. The molecule has 0 radical (unpaired) electrons. The summed E-state index contributed by atoms with van der Waals surface area (Å²) in [5.41, 5.74) is 17.2. The second-order valence-corrected chi connectivity index (χ2v) is 14.7. The molecule has 0 saturated heterocycles. The van der Waals surface area contributed by atoms with Gasteiger partial charge in [-0.05, 0) is 111 Å². The van der Waals surface area contributed by atoms with Gasteiger partial charge in [0.05, 0.1) is 11.5 Å². The summed E-state index contributed by atoms with van der Waals surface area (Å²) in [4.78, 5) is 2.59. The number of rotatable bonds is 5. The third-order valence-corrected chi connectivity index (χ3v) is 12.0. The monoisotopic (exact) mass is 679 g/mol. The predicted octanol–water partition coefficient (Wildman–Crippen LogP) is 12.7.